The van der Waals surface area contributed by atoms with Crippen molar-refractivity contribution in [2.45, 2.75) is 45.8 Å². The fourth-order valence-electron chi connectivity index (χ4n) is 1.31. The highest BCUT2D eigenvalue weighted by molar-refractivity contribution is 8.69. The van der Waals surface area contributed by atoms with Crippen LogP contribution in [-0.4, -0.2) is 4.75 Å². The first kappa shape index (κ1) is 10.7. The van der Waals surface area contributed by atoms with E-state index >= 15 is 0 Å². The highest BCUT2D eigenvalue weighted by Crippen LogP contribution is 2.38. The summed E-state index contributed by atoms with van der Waals surface area (Å²) in [5, 5.41) is 0. The van der Waals surface area contributed by atoms with Gasteiger partial charge in [0.05, 0.1) is 0 Å². The molecule has 0 saturated heterocycles. The Bertz CT molecular complexity index is 100. The third kappa shape index (κ3) is 5.48. The van der Waals surface area contributed by atoms with Gasteiger partial charge in [-0.3, -0.25) is 0 Å². The molecule has 0 aromatic carbocycles. The first-order valence-corrected chi connectivity index (χ1v) is 5.46. The van der Waals surface area contributed by atoms with Crippen molar-refractivity contribution in [2.75, 3.05) is 0 Å². The van der Waals surface area contributed by atoms with E-state index in [0.29, 0.717) is 10.2 Å². The van der Waals surface area contributed by atoms with Gasteiger partial charge in [-0.05, 0) is 25.7 Å². The lowest BCUT2D eigenvalue weighted by atomic mass is 9.86. The number of thiol groups is 1. The summed E-state index contributed by atoms with van der Waals surface area (Å²) in [7, 11) is 1.65. The van der Waals surface area contributed by atoms with Crippen LogP contribution in [0, 0.1) is 5.41 Å². The third-order valence-corrected chi connectivity index (χ3v) is 3.32. The average molecular weight is 178 g/mol. The fourth-order valence-corrected chi connectivity index (χ4v) is 2.00. The normalized spacial score (nSPS) is 13.8. The smallest absolute Gasteiger partial charge is 0.0209 e. The number of rotatable bonds is 2. The zero-order chi connectivity index (χ0) is 8.41. The molecule has 0 nitrogen and oxygen atoms in total. The summed E-state index contributed by atoms with van der Waals surface area (Å²) in [5.41, 5.74) is 0.416. The molecule has 0 saturated carbocycles. The molecule has 0 unspecified atom stereocenters. The zero-order valence-electron chi connectivity index (χ0n) is 7.56. The quantitative estimate of drug-likeness (QED) is 0.496. The van der Waals surface area contributed by atoms with Crippen molar-refractivity contribution in [3.63, 3.8) is 0 Å². The zero-order valence-corrected chi connectivity index (χ0v) is 9.27. The lowest BCUT2D eigenvalue weighted by Crippen LogP contribution is -2.22. The van der Waals surface area contributed by atoms with Gasteiger partial charge in [0.1, 0.15) is 0 Å². The molecule has 0 N–H and O–H groups in total. The van der Waals surface area contributed by atoms with E-state index in [1.165, 1.54) is 6.42 Å². The highest BCUT2D eigenvalue weighted by Gasteiger charge is 2.24. The van der Waals surface area contributed by atoms with Crippen LogP contribution in [0.15, 0.2) is 0 Å². The first-order chi connectivity index (χ1) is 4.27. The minimum absolute atomic E-state index is 0.307. The molecule has 0 aliphatic rings. The molecule has 0 rings (SSSR count). The van der Waals surface area contributed by atoms with Crippen LogP contribution in [0.3, 0.4) is 0 Å². The minimum atomic E-state index is 0.307. The molecule has 0 aliphatic heterocycles. The Balaban J connectivity index is 3.89. The van der Waals surface area contributed by atoms with Crippen LogP contribution in [0.25, 0.3) is 0 Å². The first-order valence-electron chi connectivity index (χ1n) is 3.59. The molecule has 0 fully saturated rings. The molecule has 0 aliphatic carbocycles. The van der Waals surface area contributed by atoms with Gasteiger partial charge < -0.3 is 0 Å². The Hall–Kier alpha value is 0.700. The summed E-state index contributed by atoms with van der Waals surface area (Å²) in [6.07, 6.45) is 1.20. The van der Waals surface area contributed by atoms with Gasteiger partial charge in [-0.2, -0.15) is 0 Å². The Morgan fingerprint density at radius 2 is 1.50 bits per heavy atom. The topological polar surface area (TPSA) is 0 Å². The molecule has 0 heterocycles. The maximum atomic E-state index is 4.23. The van der Waals surface area contributed by atoms with Crippen molar-refractivity contribution in [2.24, 2.45) is 5.41 Å². The molecule has 0 atom stereocenters. The van der Waals surface area contributed by atoms with Crippen molar-refractivity contribution >= 4 is 22.5 Å². The van der Waals surface area contributed by atoms with E-state index in [4.69, 9.17) is 0 Å². The van der Waals surface area contributed by atoms with Crippen molar-refractivity contribution in [3.8, 4) is 0 Å². The average Bonchev–Trinajstić information content (AvgIpc) is 1.60. The minimum Gasteiger partial charge on any atom is -0.111 e. The Morgan fingerprint density at radius 3 is 1.60 bits per heavy atom. The van der Waals surface area contributed by atoms with Crippen molar-refractivity contribution in [3.05, 3.63) is 0 Å². The van der Waals surface area contributed by atoms with Gasteiger partial charge in [0.15, 0.2) is 0 Å². The van der Waals surface area contributed by atoms with Gasteiger partial charge in [-0.25, -0.2) is 0 Å². The standard InChI is InChI=1S/C8H18S2/c1-7(2,3)6-8(4,5)10-9/h9H,6H2,1-5H3. The molecule has 0 spiro atoms. The molecule has 2 heteroatoms. The summed E-state index contributed by atoms with van der Waals surface area (Å²) in [6, 6.07) is 0. The predicted octanol–water partition coefficient (Wildman–Crippen LogP) is 3.78. The van der Waals surface area contributed by atoms with E-state index in [1.54, 1.807) is 10.8 Å². The van der Waals surface area contributed by atoms with E-state index in [1.807, 2.05) is 0 Å². The highest BCUT2D eigenvalue weighted by atomic mass is 33.1. The monoisotopic (exact) mass is 178 g/mol. The summed E-state index contributed by atoms with van der Waals surface area (Å²) >= 11 is 4.23. The van der Waals surface area contributed by atoms with Gasteiger partial charge >= 0.3 is 0 Å². The largest absolute Gasteiger partial charge is 0.111 e. The van der Waals surface area contributed by atoms with Crippen LogP contribution < -0.4 is 0 Å². The van der Waals surface area contributed by atoms with Gasteiger partial charge in [0.25, 0.3) is 0 Å². The summed E-state index contributed by atoms with van der Waals surface area (Å²) < 4.78 is 0.307. The number of hydrogen-bond donors (Lipinski definition) is 1. The van der Waals surface area contributed by atoms with E-state index < -0.39 is 0 Å². The van der Waals surface area contributed by atoms with Crippen molar-refractivity contribution in [1.29, 1.82) is 0 Å². The van der Waals surface area contributed by atoms with Crippen molar-refractivity contribution < 1.29 is 0 Å². The van der Waals surface area contributed by atoms with Gasteiger partial charge in [0, 0.05) is 4.75 Å². The van der Waals surface area contributed by atoms with Gasteiger partial charge in [0.2, 0.25) is 0 Å². The molecule has 62 valence electrons. The molecule has 0 radical (unpaired) electrons. The maximum absolute atomic E-state index is 4.23. The van der Waals surface area contributed by atoms with Gasteiger partial charge in [-0.1, -0.05) is 31.6 Å². The van der Waals surface area contributed by atoms with Crippen molar-refractivity contribution in [1.82, 2.24) is 0 Å². The third-order valence-electron chi connectivity index (χ3n) is 1.20. The predicted molar refractivity (Wildman–Crippen MR) is 54.7 cm³/mol. The van der Waals surface area contributed by atoms with Crippen LogP contribution >= 0.6 is 22.5 Å². The van der Waals surface area contributed by atoms with E-state index in [0.717, 1.165) is 0 Å². The Kier molecular flexibility index (Phi) is 3.64. The molecule has 0 aromatic rings. The molecule has 0 bridgehead atoms. The second-order valence-corrected chi connectivity index (χ2v) is 6.42. The molecular weight excluding hydrogens is 160 g/mol. The van der Waals surface area contributed by atoms with Crippen LogP contribution in [0.1, 0.15) is 41.0 Å². The number of hydrogen-bond acceptors (Lipinski definition) is 2. The second kappa shape index (κ2) is 3.40. The molecule has 0 aromatic heterocycles. The Morgan fingerprint density at radius 1 is 1.10 bits per heavy atom. The van der Waals surface area contributed by atoms with Crippen LogP contribution in [0.5, 0.6) is 0 Å². The Labute approximate surface area is 74.0 Å². The van der Waals surface area contributed by atoms with E-state index in [-0.39, 0.29) is 0 Å². The van der Waals surface area contributed by atoms with Crippen LogP contribution in [-0.2, 0) is 0 Å². The fraction of sp³-hybridized carbons (Fsp3) is 1.00. The summed E-state index contributed by atoms with van der Waals surface area (Å²) in [6.45, 7) is 11.3. The van der Waals surface area contributed by atoms with Crippen LogP contribution in [0.2, 0.25) is 0 Å². The summed E-state index contributed by atoms with van der Waals surface area (Å²) in [4.78, 5) is 0. The SMILES string of the molecule is CC(C)(C)CC(C)(C)SS. The molecular formula is C8H18S2. The van der Waals surface area contributed by atoms with E-state index in [9.17, 15) is 0 Å². The molecule has 0 amide bonds. The summed E-state index contributed by atoms with van der Waals surface area (Å²) in [5.74, 6) is 0. The van der Waals surface area contributed by atoms with Crippen LogP contribution in [0.4, 0.5) is 0 Å². The molecule has 10 heavy (non-hydrogen) atoms. The van der Waals surface area contributed by atoms with Gasteiger partial charge in [-0.15, -0.1) is 11.7 Å². The lowest BCUT2D eigenvalue weighted by Gasteiger charge is -2.29. The van der Waals surface area contributed by atoms with E-state index in [2.05, 4.69) is 46.3 Å². The maximum Gasteiger partial charge on any atom is 0.0209 e. The second-order valence-electron chi connectivity index (χ2n) is 4.59. The lowest BCUT2D eigenvalue weighted by molar-refractivity contribution is 0.340.